The molecule has 0 bridgehead atoms. The van der Waals surface area contributed by atoms with Crippen LogP contribution >= 0.6 is 12.6 Å². The smallest absolute Gasteiger partial charge is 0.413 e. The first-order valence-electron chi connectivity index (χ1n) is 14.1. The van der Waals surface area contributed by atoms with Crippen LogP contribution in [0.25, 0.3) is 11.2 Å². The Labute approximate surface area is 268 Å². The Kier molecular flexibility index (Phi) is 11.3. The molecular formula is C30H33N7O8S. The fourth-order valence-corrected chi connectivity index (χ4v) is 4.44. The predicted molar refractivity (Wildman–Crippen MR) is 170 cm³/mol. The lowest BCUT2D eigenvalue weighted by molar-refractivity contribution is -0.144. The third-order valence-electron chi connectivity index (χ3n) is 6.64. The number of aryl methyl sites for hydroxylation is 2. The van der Waals surface area contributed by atoms with E-state index >= 15 is 0 Å². The van der Waals surface area contributed by atoms with Crippen molar-refractivity contribution in [1.29, 1.82) is 0 Å². The average Bonchev–Trinajstić information content (AvgIpc) is 3.42. The highest BCUT2D eigenvalue weighted by molar-refractivity contribution is 7.80. The first kappa shape index (κ1) is 33.5. The monoisotopic (exact) mass is 651 g/mol. The molecule has 2 aromatic heterocycles. The molecule has 0 spiro atoms. The number of carboxylic acid groups (broad SMARTS) is 1. The highest BCUT2D eigenvalue weighted by atomic mass is 32.1. The number of aliphatic carboxylic acids is 1. The molecule has 16 heteroatoms. The maximum atomic E-state index is 13.2. The van der Waals surface area contributed by atoms with Gasteiger partial charge in [-0.3, -0.25) is 24.7 Å². The summed E-state index contributed by atoms with van der Waals surface area (Å²) in [6.45, 7) is 2.56. The summed E-state index contributed by atoms with van der Waals surface area (Å²) in [5, 5.41) is 14.3. The van der Waals surface area contributed by atoms with Crippen LogP contribution in [0.2, 0.25) is 0 Å². The first-order valence-corrected chi connectivity index (χ1v) is 14.7. The summed E-state index contributed by atoms with van der Waals surface area (Å²) >= 11 is 3.95. The molecular weight excluding hydrogens is 618 g/mol. The van der Waals surface area contributed by atoms with Crippen LogP contribution in [-0.2, 0) is 25.6 Å². The lowest BCUT2D eigenvalue weighted by Crippen LogP contribution is -2.43. The molecule has 2 heterocycles. The summed E-state index contributed by atoms with van der Waals surface area (Å²) < 4.78 is 11.9. The number of ether oxygens (including phenoxy) is 2. The Morgan fingerprint density at radius 3 is 2.24 bits per heavy atom. The molecule has 0 aliphatic heterocycles. The van der Waals surface area contributed by atoms with Gasteiger partial charge in [0.25, 0.3) is 5.56 Å². The van der Waals surface area contributed by atoms with Gasteiger partial charge in [-0.05, 0) is 25.0 Å². The number of thiol groups is 1. The second-order valence-electron chi connectivity index (χ2n) is 10.2. The minimum Gasteiger partial charge on any atom is -0.480 e. The van der Waals surface area contributed by atoms with Crippen LogP contribution in [0.5, 0.6) is 0 Å². The number of carbonyl (C=O) groups is 4. The van der Waals surface area contributed by atoms with E-state index in [1.54, 1.807) is 0 Å². The average molecular weight is 652 g/mol. The van der Waals surface area contributed by atoms with Gasteiger partial charge in [-0.15, -0.1) is 0 Å². The van der Waals surface area contributed by atoms with Gasteiger partial charge in [-0.25, -0.2) is 14.6 Å². The lowest BCUT2D eigenvalue weighted by atomic mass is 9.99. The third kappa shape index (κ3) is 9.07. The van der Waals surface area contributed by atoms with Crippen molar-refractivity contribution in [2.45, 2.75) is 26.5 Å². The lowest BCUT2D eigenvalue weighted by Gasteiger charge is -2.22. The zero-order valence-electron chi connectivity index (χ0n) is 25.1. The van der Waals surface area contributed by atoms with Crippen LogP contribution < -0.4 is 16.2 Å². The molecule has 0 aliphatic carbocycles. The molecule has 0 unspecified atom stereocenters. The van der Waals surface area contributed by atoms with Crippen molar-refractivity contribution in [1.82, 2.24) is 29.7 Å². The van der Waals surface area contributed by atoms with Gasteiger partial charge in [0, 0.05) is 18.8 Å². The molecule has 242 valence electrons. The van der Waals surface area contributed by atoms with Crippen molar-refractivity contribution < 1.29 is 33.8 Å². The van der Waals surface area contributed by atoms with Gasteiger partial charge < -0.3 is 29.4 Å². The Bertz CT molecular complexity index is 1710. The fraction of sp³-hybridized carbons (Fsp3) is 0.300. The second-order valence-corrected chi connectivity index (χ2v) is 10.6. The summed E-state index contributed by atoms with van der Waals surface area (Å²) in [6, 6.07) is 15.2. The van der Waals surface area contributed by atoms with Crippen LogP contribution in [0.3, 0.4) is 0 Å². The van der Waals surface area contributed by atoms with Gasteiger partial charge in [0.1, 0.15) is 19.7 Å². The summed E-state index contributed by atoms with van der Waals surface area (Å²) in [6.07, 6.45) is -1.14. The van der Waals surface area contributed by atoms with E-state index in [4.69, 9.17) is 9.47 Å². The van der Waals surface area contributed by atoms with E-state index in [-0.39, 0.29) is 42.6 Å². The van der Waals surface area contributed by atoms with Crippen molar-refractivity contribution in [3.8, 4) is 0 Å². The maximum Gasteiger partial charge on any atom is 0.413 e. The van der Waals surface area contributed by atoms with Gasteiger partial charge in [-0.1, -0.05) is 59.7 Å². The Morgan fingerprint density at radius 1 is 1.02 bits per heavy atom. The number of anilines is 1. The molecule has 46 heavy (non-hydrogen) atoms. The van der Waals surface area contributed by atoms with Crippen molar-refractivity contribution in [2.75, 3.05) is 37.3 Å². The number of nitrogens with zero attached hydrogens (tertiary/aromatic N) is 4. The third-order valence-corrected chi connectivity index (χ3v) is 6.82. The molecule has 2 aromatic carbocycles. The van der Waals surface area contributed by atoms with E-state index in [0.717, 1.165) is 27.2 Å². The largest absolute Gasteiger partial charge is 0.480 e. The minimum atomic E-state index is -1.27. The van der Waals surface area contributed by atoms with Crippen molar-refractivity contribution in [3.63, 3.8) is 0 Å². The number of hydrogen-bond acceptors (Lipinski definition) is 10. The van der Waals surface area contributed by atoms with Crippen molar-refractivity contribution in [3.05, 3.63) is 87.5 Å². The number of amides is 3. The number of H-pyrrole nitrogens is 1. The van der Waals surface area contributed by atoms with Crippen LogP contribution in [0.15, 0.2) is 59.7 Å². The number of carbonyl (C=O) groups excluding carboxylic acids is 3. The maximum absolute atomic E-state index is 13.2. The molecule has 0 radical (unpaired) electrons. The van der Waals surface area contributed by atoms with Crippen LogP contribution in [0.4, 0.5) is 15.5 Å². The van der Waals surface area contributed by atoms with E-state index in [1.807, 2.05) is 62.4 Å². The highest BCUT2D eigenvalue weighted by Crippen LogP contribution is 2.27. The topological polar surface area (TPSA) is 198 Å². The Morgan fingerprint density at radius 2 is 1.65 bits per heavy atom. The molecule has 4 N–H and O–H groups in total. The van der Waals surface area contributed by atoms with Crippen LogP contribution in [0.1, 0.15) is 28.4 Å². The van der Waals surface area contributed by atoms with E-state index in [9.17, 15) is 29.1 Å². The zero-order valence-corrected chi connectivity index (χ0v) is 26.0. The minimum absolute atomic E-state index is 0.0277. The zero-order chi connectivity index (χ0) is 33.2. The number of fused-ring (bicyclic) bond motifs is 1. The van der Waals surface area contributed by atoms with E-state index in [1.165, 1.54) is 10.9 Å². The molecule has 0 aliphatic rings. The van der Waals surface area contributed by atoms with Crippen LogP contribution in [-0.4, -0.2) is 85.6 Å². The fourth-order valence-electron chi connectivity index (χ4n) is 4.35. The normalized spacial score (nSPS) is 10.9. The van der Waals surface area contributed by atoms with Crippen LogP contribution in [0, 0.1) is 13.8 Å². The Balaban J connectivity index is 1.42. The van der Waals surface area contributed by atoms with Gasteiger partial charge >= 0.3 is 18.2 Å². The number of benzene rings is 2. The van der Waals surface area contributed by atoms with E-state index in [0.29, 0.717) is 0 Å². The number of aromatic nitrogens is 4. The van der Waals surface area contributed by atoms with Crippen molar-refractivity contribution in [2.24, 2.45) is 0 Å². The van der Waals surface area contributed by atoms with Gasteiger partial charge in [-0.2, -0.15) is 17.6 Å². The number of hydrogen-bond donors (Lipinski definition) is 5. The number of aromatic amines is 1. The SMILES string of the molecule is Cc1ccc(C(OC(=O)NCCN(CC(=O)O)C(=O)Cn2cnc3c(=O)[nH]c(NC(=O)OCCS)nc32)c2ccc(C)cc2)cc1. The molecule has 4 aromatic rings. The molecule has 0 saturated heterocycles. The summed E-state index contributed by atoms with van der Waals surface area (Å²) in [7, 11) is 0. The highest BCUT2D eigenvalue weighted by Gasteiger charge is 2.22. The van der Waals surface area contributed by atoms with E-state index < -0.39 is 48.8 Å². The van der Waals surface area contributed by atoms with Gasteiger partial charge in [0.15, 0.2) is 17.3 Å². The van der Waals surface area contributed by atoms with Gasteiger partial charge in [0.2, 0.25) is 11.9 Å². The molecule has 0 fully saturated rings. The Hall–Kier alpha value is -5.38. The summed E-state index contributed by atoms with van der Waals surface area (Å²) in [5.74, 6) is -1.88. The number of carboxylic acids is 1. The number of alkyl carbamates (subject to hydrolysis) is 1. The molecule has 15 nitrogen and oxygen atoms in total. The number of rotatable bonds is 13. The summed E-state index contributed by atoms with van der Waals surface area (Å²) in [4.78, 5) is 73.5. The molecule has 0 atom stereocenters. The second kappa shape index (κ2) is 15.6. The molecule has 3 amide bonds. The van der Waals surface area contributed by atoms with Crippen molar-refractivity contribution >= 4 is 53.8 Å². The molecule has 0 saturated carbocycles. The first-order chi connectivity index (χ1) is 22.0. The molecule has 4 rings (SSSR count). The standard InChI is InChI=1S/C30H33N7O8S/c1-18-3-7-20(8-4-18)25(21-9-5-19(2)6-10-21)45-29(42)31-11-12-36(16-23(39)40)22(38)15-37-17-32-24-26(37)33-28(34-27(24)41)35-30(43)44-13-14-46/h3-10,17,25,46H,11-16H2,1-2H3,(H,31,42)(H,39,40)(H2,33,34,35,41,43). The number of imidazole rings is 1. The quantitative estimate of drug-likeness (QED) is 0.134. The number of nitrogens with one attached hydrogen (secondary N) is 3. The van der Waals surface area contributed by atoms with Gasteiger partial charge in [0.05, 0.1) is 6.33 Å². The predicted octanol–water partition coefficient (Wildman–Crippen LogP) is 2.64. The summed E-state index contributed by atoms with van der Waals surface area (Å²) in [5.41, 5.74) is 2.81. The van der Waals surface area contributed by atoms with E-state index in [2.05, 4.69) is 38.2 Å².